The van der Waals surface area contributed by atoms with Gasteiger partial charge in [0.2, 0.25) is 0 Å². The number of tetrazole rings is 1. The number of amides is 1. The predicted octanol–water partition coefficient (Wildman–Crippen LogP) is 2.23. The maximum absolute atomic E-state index is 13.1. The van der Waals surface area contributed by atoms with Gasteiger partial charge in [0, 0.05) is 19.5 Å². The Morgan fingerprint density at radius 1 is 1.39 bits per heavy atom. The number of rotatable bonds is 4. The highest BCUT2D eigenvalue weighted by Gasteiger charge is 2.36. The van der Waals surface area contributed by atoms with Gasteiger partial charge in [-0.15, -0.1) is 10.2 Å². The average molecular weight is 331 g/mol. The van der Waals surface area contributed by atoms with E-state index < -0.39 is 29.0 Å². The Morgan fingerprint density at radius 2 is 2.09 bits per heavy atom. The summed E-state index contributed by atoms with van der Waals surface area (Å²) >= 11 is 0. The summed E-state index contributed by atoms with van der Waals surface area (Å²) in [5, 5.41) is 13.1. The molecule has 1 aromatic carbocycles. The monoisotopic (exact) mass is 331 g/mol. The molecule has 1 aromatic heterocycles. The highest BCUT2D eigenvalue weighted by molar-refractivity contribution is 5.95. The Morgan fingerprint density at radius 3 is 2.65 bits per heavy atom. The first-order valence-electron chi connectivity index (χ1n) is 6.55. The third-order valence-electron chi connectivity index (χ3n) is 3.21. The molecule has 6 nitrogen and oxygen atoms in total. The van der Waals surface area contributed by atoms with Crippen LogP contribution in [0, 0.1) is 5.82 Å². The van der Waals surface area contributed by atoms with Gasteiger partial charge in [-0.3, -0.25) is 4.79 Å². The minimum atomic E-state index is -4.83. The lowest BCUT2D eigenvalue weighted by Gasteiger charge is -2.22. The largest absolute Gasteiger partial charge is 0.417 e. The molecule has 0 spiro atoms. The maximum atomic E-state index is 13.1. The van der Waals surface area contributed by atoms with Crippen LogP contribution in [0.3, 0.4) is 0 Å². The van der Waals surface area contributed by atoms with Crippen LogP contribution in [-0.2, 0) is 6.18 Å². The molecule has 0 radical (unpaired) electrons. The minimum absolute atomic E-state index is 0.0764. The summed E-state index contributed by atoms with van der Waals surface area (Å²) in [7, 11) is 1.35. The molecule has 0 saturated heterocycles. The van der Waals surface area contributed by atoms with E-state index in [1.54, 1.807) is 6.92 Å². The third kappa shape index (κ3) is 3.82. The van der Waals surface area contributed by atoms with Gasteiger partial charge in [0.25, 0.3) is 5.91 Å². The number of H-pyrrole nitrogens is 1. The van der Waals surface area contributed by atoms with Crippen LogP contribution in [0.1, 0.15) is 34.6 Å². The predicted molar refractivity (Wildman–Crippen MR) is 71.0 cm³/mol. The van der Waals surface area contributed by atoms with E-state index >= 15 is 0 Å². The van der Waals surface area contributed by atoms with E-state index in [4.69, 9.17) is 0 Å². The molecule has 1 atom stereocenters. The number of aromatic amines is 1. The van der Waals surface area contributed by atoms with Crippen molar-refractivity contribution >= 4 is 5.91 Å². The van der Waals surface area contributed by atoms with Crippen LogP contribution < -0.4 is 0 Å². The quantitative estimate of drug-likeness (QED) is 0.872. The summed E-state index contributed by atoms with van der Waals surface area (Å²) in [5.41, 5.74) is -1.91. The Labute approximate surface area is 128 Å². The van der Waals surface area contributed by atoms with Crippen LogP contribution >= 0.6 is 0 Å². The lowest BCUT2D eigenvalue weighted by molar-refractivity contribution is -0.138. The van der Waals surface area contributed by atoms with Crippen LogP contribution in [0.25, 0.3) is 0 Å². The summed E-state index contributed by atoms with van der Waals surface area (Å²) in [5.74, 6) is -1.93. The van der Waals surface area contributed by atoms with Crippen molar-refractivity contribution in [2.75, 3.05) is 13.6 Å². The Balaban J connectivity index is 2.23. The number of aromatic nitrogens is 4. The minimum Gasteiger partial charge on any atom is -0.341 e. The van der Waals surface area contributed by atoms with Gasteiger partial charge in [-0.2, -0.15) is 18.4 Å². The Bertz CT molecular complexity index is 686. The standard InChI is InChI=1S/C13H13F4N5O/c1-7(11-18-20-21-19-11)6-22(2)12(23)9-4-3-8(14)5-10(9)13(15,16)17/h3-5,7H,6H2,1-2H3,(H,18,19,20,21). The maximum Gasteiger partial charge on any atom is 0.417 e. The van der Waals surface area contributed by atoms with E-state index in [1.807, 2.05) is 0 Å². The van der Waals surface area contributed by atoms with Crippen LogP contribution in [0.2, 0.25) is 0 Å². The molecule has 1 N–H and O–H groups in total. The molecule has 0 fully saturated rings. The molecule has 1 unspecified atom stereocenters. The van der Waals surface area contributed by atoms with E-state index in [1.165, 1.54) is 7.05 Å². The molecule has 23 heavy (non-hydrogen) atoms. The summed E-state index contributed by atoms with van der Waals surface area (Å²) in [6.45, 7) is 1.77. The topological polar surface area (TPSA) is 74.8 Å². The number of carbonyl (C=O) groups excluding carboxylic acids is 1. The summed E-state index contributed by atoms with van der Waals surface area (Å²) in [6.07, 6.45) is -4.83. The van der Waals surface area contributed by atoms with Crippen molar-refractivity contribution in [3.05, 3.63) is 41.0 Å². The van der Waals surface area contributed by atoms with Crippen LogP contribution in [0.15, 0.2) is 18.2 Å². The zero-order valence-electron chi connectivity index (χ0n) is 12.2. The Hall–Kier alpha value is -2.52. The second kappa shape index (κ2) is 6.31. The van der Waals surface area contributed by atoms with E-state index in [9.17, 15) is 22.4 Å². The van der Waals surface area contributed by atoms with Crippen molar-refractivity contribution < 1.29 is 22.4 Å². The van der Waals surface area contributed by atoms with Crippen molar-refractivity contribution in [3.8, 4) is 0 Å². The van der Waals surface area contributed by atoms with Gasteiger partial charge in [-0.1, -0.05) is 12.1 Å². The van der Waals surface area contributed by atoms with Gasteiger partial charge in [0.1, 0.15) is 5.82 Å². The SMILES string of the molecule is CC(CN(C)C(=O)c1ccc(F)cc1C(F)(F)F)c1nn[nH]n1. The van der Waals surface area contributed by atoms with Crippen molar-refractivity contribution in [2.45, 2.75) is 19.0 Å². The lowest BCUT2D eigenvalue weighted by atomic mass is 10.0. The number of nitrogens with zero attached hydrogens (tertiary/aromatic N) is 4. The first-order valence-corrected chi connectivity index (χ1v) is 6.55. The number of alkyl halides is 3. The third-order valence-corrected chi connectivity index (χ3v) is 3.21. The second-order valence-electron chi connectivity index (χ2n) is 5.04. The molecule has 0 bridgehead atoms. The number of nitrogens with one attached hydrogen (secondary N) is 1. The van der Waals surface area contributed by atoms with Crippen molar-refractivity contribution in [1.29, 1.82) is 0 Å². The van der Waals surface area contributed by atoms with E-state index in [2.05, 4.69) is 20.6 Å². The van der Waals surface area contributed by atoms with Crippen molar-refractivity contribution in [2.24, 2.45) is 0 Å². The van der Waals surface area contributed by atoms with Gasteiger partial charge in [-0.05, 0) is 18.2 Å². The molecule has 0 aliphatic carbocycles. The van der Waals surface area contributed by atoms with Crippen LogP contribution in [-0.4, -0.2) is 45.0 Å². The van der Waals surface area contributed by atoms with E-state index in [0.717, 1.165) is 17.0 Å². The van der Waals surface area contributed by atoms with Crippen LogP contribution in [0.4, 0.5) is 17.6 Å². The van der Waals surface area contributed by atoms with Crippen LogP contribution in [0.5, 0.6) is 0 Å². The fraction of sp³-hybridized carbons (Fsp3) is 0.385. The first kappa shape index (κ1) is 16.8. The van der Waals surface area contributed by atoms with Crippen molar-refractivity contribution in [1.82, 2.24) is 25.5 Å². The van der Waals surface area contributed by atoms with E-state index in [-0.39, 0.29) is 12.5 Å². The van der Waals surface area contributed by atoms with Gasteiger partial charge < -0.3 is 4.90 Å². The molecule has 0 aliphatic heterocycles. The normalized spacial score (nSPS) is 13.0. The number of halogens is 4. The number of likely N-dealkylation sites (N-methyl/N-ethyl adjacent to an activating group) is 1. The molecule has 2 aromatic rings. The highest BCUT2D eigenvalue weighted by Crippen LogP contribution is 2.33. The zero-order valence-corrected chi connectivity index (χ0v) is 12.2. The number of carbonyl (C=O) groups is 1. The molecular weight excluding hydrogens is 318 g/mol. The first-order chi connectivity index (χ1) is 10.7. The van der Waals surface area contributed by atoms with Gasteiger partial charge in [-0.25, -0.2) is 4.39 Å². The molecule has 1 amide bonds. The average Bonchev–Trinajstić information content (AvgIpc) is 2.99. The van der Waals surface area contributed by atoms with E-state index in [0.29, 0.717) is 11.9 Å². The fourth-order valence-corrected chi connectivity index (χ4v) is 2.10. The fourth-order valence-electron chi connectivity index (χ4n) is 2.10. The zero-order chi connectivity index (χ0) is 17.2. The number of hydrogen-bond acceptors (Lipinski definition) is 4. The Kier molecular flexibility index (Phi) is 4.62. The number of hydrogen-bond donors (Lipinski definition) is 1. The van der Waals surface area contributed by atoms with Gasteiger partial charge in [0.05, 0.1) is 11.1 Å². The summed E-state index contributed by atoms with van der Waals surface area (Å²) < 4.78 is 52.0. The second-order valence-corrected chi connectivity index (χ2v) is 5.04. The molecule has 10 heteroatoms. The van der Waals surface area contributed by atoms with Gasteiger partial charge >= 0.3 is 6.18 Å². The molecule has 124 valence electrons. The molecule has 1 heterocycles. The molecule has 0 aliphatic rings. The number of benzene rings is 1. The highest BCUT2D eigenvalue weighted by atomic mass is 19.4. The lowest BCUT2D eigenvalue weighted by Crippen LogP contribution is -2.32. The van der Waals surface area contributed by atoms with Crippen molar-refractivity contribution in [3.63, 3.8) is 0 Å². The summed E-state index contributed by atoms with van der Waals surface area (Å²) in [4.78, 5) is 13.4. The molecule has 0 saturated carbocycles. The van der Waals surface area contributed by atoms with Gasteiger partial charge in [0.15, 0.2) is 5.82 Å². The summed E-state index contributed by atoms with van der Waals surface area (Å²) in [6, 6.07) is 1.96. The molecule has 2 rings (SSSR count). The molecular formula is C13H13F4N5O. The smallest absolute Gasteiger partial charge is 0.341 e.